The Bertz CT molecular complexity index is 2560. The maximum absolute atomic E-state index is 13.6. The largest absolute Gasteiger partial charge is 0.457 e. The highest BCUT2D eigenvalue weighted by atomic mass is 35.5. The maximum Gasteiger partial charge on any atom is 0.253 e. The van der Waals surface area contributed by atoms with Crippen molar-refractivity contribution in [3.63, 3.8) is 0 Å². The van der Waals surface area contributed by atoms with E-state index in [1.807, 2.05) is 79.7 Å². The van der Waals surface area contributed by atoms with Crippen LogP contribution in [0.5, 0.6) is 11.5 Å². The standard InChI is InChI=1S/C31H32ClN3O3.C23H27ClN4O2/c1-31(25-6-2-4-8-27(25)38-28-9-5-3-7-26(28)31)30(37)33-18-29(36)34-22-16-23-14-15-24(17-22)35(23)19-20-10-12-21(32)13-11-20;24-16-7-5-15(6-8-16)14-28-18-9-10-19(28)12-17(11-18)27-22(29)13-26-23(30)20-3-1-2-4-21(20)25/h2-13,22-24H,14-19H2,1H3,(H,33,37)(H,34,36);1-8,17-19H,9-14,25H2,(H,26,30)(H,27,29). The number of nitrogen functional groups attached to an aromatic ring is 1. The van der Waals surface area contributed by atoms with Gasteiger partial charge in [0.25, 0.3) is 5.91 Å². The lowest BCUT2D eigenvalue weighted by Gasteiger charge is -2.39. The molecule has 0 aliphatic carbocycles. The molecule has 68 heavy (non-hydrogen) atoms. The molecule has 12 nitrogen and oxygen atoms in total. The summed E-state index contributed by atoms with van der Waals surface area (Å²) in [6.07, 6.45) is 8.37. The quantitative estimate of drug-likeness (QED) is 0.0785. The molecule has 6 N–H and O–H groups in total. The molecule has 4 atom stereocenters. The van der Waals surface area contributed by atoms with Gasteiger partial charge in [0, 0.05) is 76.2 Å². The molecule has 0 aromatic heterocycles. The van der Waals surface area contributed by atoms with Gasteiger partial charge in [0.05, 0.1) is 18.7 Å². The van der Waals surface area contributed by atoms with Crippen LogP contribution in [0.2, 0.25) is 10.0 Å². The van der Waals surface area contributed by atoms with E-state index >= 15 is 0 Å². The zero-order chi connectivity index (χ0) is 47.4. The Morgan fingerprint density at radius 2 is 1.00 bits per heavy atom. The SMILES string of the molecule is CC1(C(=O)NCC(=O)NC2CC3CCC(C2)N3Cc2ccc(Cl)cc2)c2ccccc2Oc2ccccc21.Nc1ccccc1C(=O)NCC(=O)NC1CC2CCC(C1)N2Cc1ccc(Cl)cc1. The zero-order valence-electron chi connectivity index (χ0n) is 38.3. The fourth-order valence-electron chi connectivity index (χ4n) is 11.2. The maximum atomic E-state index is 13.6. The zero-order valence-corrected chi connectivity index (χ0v) is 39.8. The number of carbonyl (C=O) groups excluding carboxylic acids is 4. The smallest absolute Gasteiger partial charge is 0.253 e. The van der Waals surface area contributed by atoms with E-state index < -0.39 is 5.41 Å². The molecule has 10 rings (SSSR count). The Morgan fingerprint density at radius 3 is 1.46 bits per heavy atom. The number of ether oxygens (including phenoxy) is 1. The minimum absolute atomic E-state index is 0.0481. The molecule has 14 heteroatoms. The van der Waals surface area contributed by atoms with Crippen LogP contribution in [0.25, 0.3) is 0 Å². The van der Waals surface area contributed by atoms with Crippen molar-refractivity contribution >= 4 is 52.5 Å². The topological polar surface area (TPSA) is 158 Å². The number of nitrogens with one attached hydrogen (secondary N) is 4. The summed E-state index contributed by atoms with van der Waals surface area (Å²) < 4.78 is 6.06. The lowest BCUT2D eigenvalue weighted by Crippen LogP contribution is -2.52. The third kappa shape index (κ3) is 10.5. The van der Waals surface area contributed by atoms with E-state index in [9.17, 15) is 19.2 Å². The van der Waals surface area contributed by atoms with Gasteiger partial charge in [0.15, 0.2) is 0 Å². The van der Waals surface area contributed by atoms with Crippen LogP contribution >= 0.6 is 23.2 Å². The van der Waals surface area contributed by atoms with Crippen molar-refractivity contribution < 1.29 is 23.9 Å². The molecule has 5 aromatic carbocycles. The van der Waals surface area contributed by atoms with Gasteiger partial charge in [0.2, 0.25) is 17.7 Å². The molecule has 0 saturated carbocycles. The first-order chi connectivity index (χ1) is 32.9. The van der Waals surface area contributed by atoms with Crippen molar-refractivity contribution in [1.82, 2.24) is 31.1 Å². The van der Waals surface area contributed by atoms with Crippen molar-refractivity contribution in [1.29, 1.82) is 0 Å². The molecule has 4 bridgehead atoms. The van der Waals surface area contributed by atoms with Crippen molar-refractivity contribution in [3.8, 4) is 11.5 Å². The van der Waals surface area contributed by atoms with Crippen LogP contribution in [0.4, 0.5) is 5.69 Å². The van der Waals surface area contributed by atoms with Crippen molar-refractivity contribution in [2.45, 2.75) is 113 Å². The molecule has 0 radical (unpaired) electrons. The fourth-order valence-corrected chi connectivity index (χ4v) is 11.5. The number of fused-ring (bicyclic) bond motifs is 6. The summed E-state index contributed by atoms with van der Waals surface area (Å²) in [6, 6.07) is 40.2. The van der Waals surface area contributed by atoms with E-state index in [1.165, 1.54) is 11.1 Å². The molecular weight excluding hydrogens is 898 g/mol. The first-order valence-electron chi connectivity index (χ1n) is 23.8. The number of hydrogen-bond acceptors (Lipinski definition) is 8. The minimum Gasteiger partial charge on any atom is -0.457 e. The molecule has 4 unspecified atom stereocenters. The van der Waals surface area contributed by atoms with Crippen LogP contribution in [-0.4, -0.2) is 82.8 Å². The average Bonchev–Trinajstić information content (AvgIpc) is 3.70. The fraction of sp³-hybridized carbons (Fsp3) is 0.370. The second kappa shape index (κ2) is 20.7. The van der Waals surface area contributed by atoms with Gasteiger partial charge in [-0.15, -0.1) is 0 Å². The number of para-hydroxylation sites is 3. The van der Waals surface area contributed by atoms with Crippen LogP contribution in [-0.2, 0) is 32.9 Å². The Kier molecular flexibility index (Phi) is 14.4. The number of halogens is 2. The van der Waals surface area contributed by atoms with Gasteiger partial charge in [0.1, 0.15) is 16.9 Å². The second-order valence-electron chi connectivity index (χ2n) is 19.0. The van der Waals surface area contributed by atoms with E-state index in [0.29, 0.717) is 46.9 Å². The number of piperidine rings is 2. The Labute approximate surface area is 408 Å². The lowest BCUT2D eigenvalue weighted by molar-refractivity contribution is -0.129. The molecule has 4 fully saturated rings. The summed E-state index contributed by atoms with van der Waals surface area (Å²) in [5, 5.41) is 13.4. The third-order valence-corrected chi connectivity index (χ3v) is 15.1. The number of nitrogens with zero attached hydrogens (tertiary/aromatic N) is 2. The number of carbonyl (C=O) groups is 4. The van der Waals surface area contributed by atoms with Gasteiger partial charge in [-0.3, -0.25) is 29.0 Å². The highest BCUT2D eigenvalue weighted by Gasteiger charge is 2.45. The molecule has 5 heterocycles. The molecule has 5 aliphatic heterocycles. The Balaban J connectivity index is 0.000000175. The number of hydrogen-bond donors (Lipinski definition) is 5. The first kappa shape index (κ1) is 47.2. The van der Waals surface area contributed by atoms with E-state index in [-0.39, 0.29) is 48.8 Å². The number of nitrogens with two attached hydrogens (primary N) is 1. The number of amides is 4. The van der Waals surface area contributed by atoms with Gasteiger partial charge >= 0.3 is 0 Å². The predicted octanol–water partition coefficient (Wildman–Crippen LogP) is 8.14. The van der Waals surface area contributed by atoms with Crippen molar-refractivity contribution in [2.24, 2.45) is 0 Å². The first-order valence-corrected chi connectivity index (χ1v) is 24.5. The van der Waals surface area contributed by atoms with Crippen LogP contribution in [0.3, 0.4) is 0 Å². The number of rotatable bonds is 12. The summed E-state index contributed by atoms with van der Waals surface area (Å²) in [5.74, 6) is 0.470. The second-order valence-corrected chi connectivity index (χ2v) is 19.9. The van der Waals surface area contributed by atoms with Gasteiger partial charge in [-0.05, 0) is 118 Å². The third-order valence-electron chi connectivity index (χ3n) is 14.6. The van der Waals surface area contributed by atoms with E-state index in [4.69, 9.17) is 33.7 Å². The Morgan fingerprint density at radius 1 is 0.588 bits per heavy atom. The molecule has 4 saturated heterocycles. The molecule has 354 valence electrons. The van der Waals surface area contributed by atoms with Crippen LogP contribution in [0, 0.1) is 0 Å². The normalized spacial score (nSPS) is 23.1. The van der Waals surface area contributed by atoms with Crippen LogP contribution in [0.1, 0.15) is 90.9 Å². The molecular formula is C54H59Cl2N7O5. The molecule has 5 aromatic rings. The predicted molar refractivity (Wildman–Crippen MR) is 266 cm³/mol. The minimum atomic E-state index is -0.960. The highest BCUT2D eigenvalue weighted by molar-refractivity contribution is 6.30. The molecule has 4 amide bonds. The highest BCUT2D eigenvalue weighted by Crippen LogP contribution is 2.48. The average molecular weight is 957 g/mol. The Hall–Kier alpha value is -5.92. The summed E-state index contributed by atoms with van der Waals surface area (Å²) in [7, 11) is 0. The van der Waals surface area contributed by atoms with Crippen molar-refractivity contribution in [3.05, 3.63) is 159 Å². The van der Waals surface area contributed by atoms with E-state index in [0.717, 1.165) is 85.6 Å². The van der Waals surface area contributed by atoms with Gasteiger partial charge in [-0.2, -0.15) is 0 Å². The summed E-state index contributed by atoms with van der Waals surface area (Å²) in [6.45, 7) is 3.62. The summed E-state index contributed by atoms with van der Waals surface area (Å²) >= 11 is 12.0. The van der Waals surface area contributed by atoms with E-state index in [2.05, 4.69) is 55.3 Å². The monoisotopic (exact) mass is 955 g/mol. The van der Waals surface area contributed by atoms with Gasteiger partial charge in [-0.1, -0.05) is 96.0 Å². The number of anilines is 1. The van der Waals surface area contributed by atoms with Crippen LogP contribution in [0.15, 0.2) is 121 Å². The summed E-state index contributed by atoms with van der Waals surface area (Å²) in [4.78, 5) is 56.3. The van der Waals surface area contributed by atoms with Gasteiger partial charge < -0.3 is 31.7 Å². The van der Waals surface area contributed by atoms with Gasteiger partial charge in [-0.25, -0.2) is 0 Å². The van der Waals surface area contributed by atoms with E-state index in [1.54, 1.807) is 24.3 Å². The molecule has 0 spiro atoms. The number of benzene rings is 5. The lowest BCUT2D eigenvalue weighted by atomic mass is 9.73. The van der Waals surface area contributed by atoms with Crippen LogP contribution < -0.4 is 31.7 Å². The van der Waals surface area contributed by atoms with Crippen molar-refractivity contribution in [2.75, 3.05) is 18.8 Å². The molecule has 5 aliphatic rings. The summed E-state index contributed by atoms with van der Waals surface area (Å²) in [5.41, 5.74) is 9.76.